The zero-order valence-electron chi connectivity index (χ0n) is 11.6. The van der Waals surface area contributed by atoms with E-state index in [1.165, 1.54) is 18.3 Å². The molecule has 20 heavy (non-hydrogen) atoms. The van der Waals surface area contributed by atoms with E-state index in [0.717, 1.165) is 27.8 Å². The van der Waals surface area contributed by atoms with Crippen LogP contribution in [0.4, 0.5) is 10.8 Å². The number of nitrogens with one attached hydrogen (secondary N) is 2. The summed E-state index contributed by atoms with van der Waals surface area (Å²) in [6, 6.07) is 7.58. The van der Waals surface area contributed by atoms with Crippen molar-refractivity contribution >= 4 is 33.8 Å². The van der Waals surface area contributed by atoms with Crippen LogP contribution in [0.1, 0.15) is 20.8 Å². The van der Waals surface area contributed by atoms with E-state index in [4.69, 9.17) is 0 Å². The highest BCUT2D eigenvalue weighted by molar-refractivity contribution is 7.14. The molecule has 0 spiro atoms. The van der Waals surface area contributed by atoms with Crippen LogP contribution in [0.2, 0.25) is 0 Å². The Bertz CT molecular complexity index is 627. The first-order valence-electron chi connectivity index (χ1n) is 6.15. The van der Waals surface area contributed by atoms with Crippen molar-refractivity contribution in [2.45, 2.75) is 20.8 Å². The van der Waals surface area contributed by atoms with Gasteiger partial charge in [-0.15, -0.1) is 11.3 Å². The maximum atomic E-state index is 11.0. The van der Waals surface area contributed by atoms with Crippen molar-refractivity contribution in [3.63, 3.8) is 0 Å². The summed E-state index contributed by atoms with van der Waals surface area (Å²) in [5, 5.41) is 9.58. The molecule has 104 valence electrons. The molecule has 0 aliphatic heterocycles. The minimum Gasteiger partial charge on any atom is -0.326 e. The molecule has 2 N–H and O–H groups in total. The zero-order chi connectivity index (χ0) is 14.5. The van der Waals surface area contributed by atoms with Crippen molar-refractivity contribution in [2.24, 2.45) is 5.10 Å². The lowest BCUT2D eigenvalue weighted by atomic mass is 10.1. The van der Waals surface area contributed by atoms with Crippen LogP contribution in [0, 0.1) is 0 Å². The molecule has 2 rings (SSSR count). The molecule has 0 saturated heterocycles. The first-order chi connectivity index (χ1) is 9.54. The van der Waals surface area contributed by atoms with E-state index >= 15 is 0 Å². The minimum absolute atomic E-state index is 0.0781. The Morgan fingerprint density at radius 1 is 1.20 bits per heavy atom. The summed E-state index contributed by atoms with van der Waals surface area (Å²) in [4.78, 5) is 15.4. The summed E-state index contributed by atoms with van der Waals surface area (Å²) in [6.45, 7) is 5.33. The average molecular weight is 288 g/mol. The van der Waals surface area contributed by atoms with E-state index in [-0.39, 0.29) is 5.91 Å². The quantitative estimate of drug-likeness (QED) is 0.667. The first-order valence-corrected chi connectivity index (χ1v) is 7.03. The van der Waals surface area contributed by atoms with Crippen molar-refractivity contribution in [1.29, 1.82) is 0 Å². The van der Waals surface area contributed by atoms with Crippen molar-refractivity contribution in [3.05, 3.63) is 29.6 Å². The molecule has 1 aromatic carbocycles. The third-order valence-electron chi connectivity index (χ3n) is 2.38. The SMILES string of the molecule is CC(=O)Nc1ccc(-c2csc(NN=C(C)C)n2)cc1. The monoisotopic (exact) mass is 288 g/mol. The Balaban J connectivity index is 2.11. The van der Waals surface area contributed by atoms with Gasteiger partial charge in [0.1, 0.15) is 0 Å². The van der Waals surface area contributed by atoms with Gasteiger partial charge in [0.15, 0.2) is 0 Å². The van der Waals surface area contributed by atoms with Gasteiger partial charge in [-0.2, -0.15) is 5.10 Å². The van der Waals surface area contributed by atoms with Gasteiger partial charge in [0.05, 0.1) is 5.69 Å². The molecular formula is C14H16N4OS. The second-order valence-electron chi connectivity index (χ2n) is 4.47. The molecule has 5 nitrogen and oxygen atoms in total. The number of anilines is 2. The molecule has 1 aromatic heterocycles. The van der Waals surface area contributed by atoms with E-state index < -0.39 is 0 Å². The van der Waals surface area contributed by atoms with E-state index in [9.17, 15) is 4.79 Å². The van der Waals surface area contributed by atoms with Crippen molar-refractivity contribution < 1.29 is 4.79 Å². The van der Waals surface area contributed by atoms with Gasteiger partial charge in [-0.25, -0.2) is 4.98 Å². The fourth-order valence-corrected chi connectivity index (χ4v) is 2.21. The van der Waals surface area contributed by atoms with Crippen LogP contribution in [0.5, 0.6) is 0 Å². The fourth-order valence-electron chi connectivity index (χ4n) is 1.54. The van der Waals surface area contributed by atoms with Gasteiger partial charge in [-0.1, -0.05) is 12.1 Å². The molecule has 1 heterocycles. The number of hydrogen-bond acceptors (Lipinski definition) is 5. The molecule has 1 amide bonds. The maximum Gasteiger partial charge on any atom is 0.221 e. The predicted octanol–water partition coefficient (Wildman–Crippen LogP) is 3.58. The second-order valence-corrected chi connectivity index (χ2v) is 5.33. The molecule has 6 heteroatoms. The van der Waals surface area contributed by atoms with Gasteiger partial charge in [0, 0.05) is 29.3 Å². The first kappa shape index (κ1) is 14.2. The smallest absolute Gasteiger partial charge is 0.221 e. The van der Waals surface area contributed by atoms with Gasteiger partial charge in [0.2, 0.25) is 11.0 Å². The molecule has 0 unspecified atom stereocenters. The Morgan fingerprint density at radius 3 is 2.50 bits per heavy atom. The molecule has 0 bridgehead atoms. The summed E-state index contributed by atoms with van der Waals surface area (Å²) in [5.41, 5.74) is 6.52. The van der Waals surface area contributed by atoms with Gasteiger partial charge in [0.25, 0.3) is 0 Å². The second kappa shape index (κ2) is 6.29. The van der Waals surface area contributed by atoms with Crippen LogP contribution in [-0.2, 0) is 4.79 Å². The molecule has 0 radical (unpaired) electrons. The summed E-state index contributed by atoms with van der Waals surface area (Å²) in [6.07, 6.45) is 0. The van der Waals surface area contributed by atoms with Crippen LogP contribution in [-0.4, -0.2) is 16.6 Å². The minimum atomic E-state index is -0.0781. The number of carbonyl (C=O) groups excluding carboxylic acids is 1. The summed E-state index contributed by atoms with van der Waals surface area (Å²) < 4.78 is 0. The maximum absolute atomic E-state index is 11.0. The number of thiazole rings is 1. The van der Waals surface area contributed by atoms with Crippen molar-refractivity contribution in [3.8, 4) is 11.3 Å². The normalized spacial score (nSPS) is 9.95. The number of nitrogens with zero attached hydrogens (tertiary/aromatic N) is 2. The topological polar surface area (TPSA) is 66.4 Å². The highest BCUT2D eigenvalue weighted by Crippen LogP contribution is 2.25. The average Bonchev–Trinajstić information content (AvgIpc) is 2.85. The molecular weight excluding hydrogens is 272 g/mol. The molecule has 0 fully saturated rings. The van der Waals surface area contributed by atoms with E-state index in [0.29, 0.717) is 0 Å². The summed E-state index contributed by atoms with van der Waals surface area (Å²) in [5.74, 6) is -0.0781. The molecule has 0 atom stereocenters. The summed E-state index contributed by atoms with van der Waals surface area (Å²) >= 11 is 1.50. The third kappa shape index (κ3) is 3.89. The molecule has 0 aliphatic carbocycles. The van der Waals surface area contributed by atoms with E-state index in [2.05, 4.69) is 20.8 Å². The zero-order valence-corrected chi connectivity index (χ0v) is 12.4. The van der Waals surface area contributed by atoms with Crippen LogP contribution in [0.15, 0.2) is 34.7 Å². The van der Waals surface area contributed by atoms with Crippen molar-refractivity contribution in [1.82, 2.24) is 4.98 Å². The Hall–Kier alpha value is -2.21. The lowest BCUT2D eigenvalue weighted by Gasteiger charge is -2.02. The van der Waals surface area contributed by atoms with Crippen molar-refractivity contribution in [2.75, 3.05) is 10.7 Å². The molecule has 0 saturated carbocycles. The number of hydrazone groups is 1. The number of aromatic nitrogens is 1. The predicted molar refractivity (Wildman–Crippen MR) is 84.3 cm³/mol. The standard InChI is InChI=1S/C14H16N4OS/c1-9(2)17-18-14-16-13(8-20-14)11-4-6-12(7-5-11)15-10(3)19/h4-8H,1-3H3,(H,15,19)(H,16,18). The van der Waals surface area contributed by atoms with E-state index in [1.807, 2.05) is 43.5 Å². The Kier molecular flexibility index (Phi) is 4.47. The number of amides is 1. The molecule has 2 aromatic rings. The van der Waals surface area contributed by atoms with Gasteiger partial charge < -0.3 is 5.32 Å². The molecule has 0 aliphatic rings. The Labute approximate surface area is 121 Å². The van der Waals surface area contributed by atoms with Crippen LogP contribution in [0.25, 0.3) is 11.3 Å². The third-order valence-corrected chi connectivity index (χ3v) is 3.13. The van der Waals surface area contributed by atoms with Gasteiger partial charge in [-0.3, -0.25) is 10.2 Å². The number of benzene rings is 1. The largest absolute Gasteiger partial charge is 0.326 e. The number of hydrogen-bond donors (Lipinski definition) is 2. The highest BCUT2D eigenvalue weighted by atomic mass is 32.1. The lowest BCUT2D eigenvalue weighted by molar-refractivity contribution is -0.114. The lowest BCUT2D eigenvalue weighted by Crippen LogP contribution is -2.05. The van der Waals surface area contributed by atoms with E-state index in [1.54, 1.807) is 0 Å². The number of carbonyl (C=O) groups is 1. The summed E-state index contributed by atoms with van der Waals surface area (Å²) in [7, 11) is 0. The highest BCUT2D eigenvalue weighted by Gasteiger charge is 2.04. The number of rotatable bonds is 4. The van der Waals surface area contributed by atoms with Crippen LogP contribution < -0.4 is 10.7 Å². The van der Waals surface area contributed by atoms with Crippen LogP contribution in [0.3, 0.4) is 0 Å². The fraction of sp³-hybridized carbons (Fsp3) is 0.214. The van der Waals surface area contributed by atoms with Gasteiger partial charge in [-0.05, 0) is 26.0 Å². The van der Waals surface area contributed by atoms with Gasteiger partial charge >= 0.3 is 0 Å². The van der Waals surface area contributed by atoms with Crippen LogP contribution >= 0.6 is 11.3 Å². The Morgan fingerprint density at radius 2 is 1.90 bits per heavy atom.